The van der Waals surface area contributed by atoms with Crippen molar-refractivity contribution >= 4 is 11.6 Å². The van der Waals surface area contributed by atoms with Gasteiger partial charge in [-0.05, 0) is 54.3 Å². The Morgan fingerprint density at radius 3 is 2.44 bits per heavy atom. The van der Waals surface area contributed by atoms with Gasteiger partial charge in [0.25, 0.3) is 5.91 Å². The summed E-state index contributed by atoms with van der Waals surface area (Å²) in [6, 6.07) is 12.3. The average molecular weight is 365 g/mol. The normalized spacial score (nSPS) is 16.2. The fourth-order valence-electron chi connectivity index (χ4n) is 3.60. The molecule has 0 bridgehead atoms. The number of phenols is 1. The second-order valence-corrected chi connectivity index (χ2v) is 7.20. The lowest BCUT2D eigenvalue weighted by molar-refractivity contribution is 0.0988. The second kappa shape index (κ2) is 6.54. The third kappa shape index (κ3) is 2.97. The smallest absolute Gasteiger partial charge is 0.277 e. The molecule has 4 rings (SSSR count). The second-order valence-electron chi connectivity index (χ2n) is 7.20. The van der Waals surface area contributed by atoms with Gasteiger partial charge >= 0.3 is 0 Å². The molecule has 27 heavy (non-hydrogen) atoms. The van der Waals surface area contributed by atoms with Crippen molar-refractivity contribution in [2.45, 2.75) is 26.3 Å². The number of rotatable bonds is 4. The minimum absolute atomic E-state index is 0.129. The summed E-state index contributed by atoms with van der Waals surface area (Å²) < 4.78 is 13.5. The Kier molecular flexibility index (Phi) is 4.18. The van der Waals surface area contributed by atoms with Crippen molar-refractivity contribution in [3.05, 3.63) is 76.9 Å². The average Bonchev–Trinajstić information content (AvgIpc) is 3.16. The van der Waals surface area contributed by atoms with E-state index in [0.717, 1.165) is 23.2 Å². The highest BCUT2D eigenvalue weighted by Crippen LogP contribution is 2.43. The topological polar surface area (TPSA) is 69.2 Å². The van der Waals surface area contributed by atoms with E-state index < -0.39 is 6.04 Å². The van der Waals surface area contributed by atoms with Crippen LogP contribution in [0.25, 0.3) is 0 Å². The molecule has 0 fully saturated rings. The predicted molar refractivity (Wildman–Crippen MR) is 100 cm³/mol. The molecule has 6 heteroatoms. The largest absolute Gasteiger partial charge is 0.508 e. The number of aromatic amines is 1. The van der Waals surface area contributed by atoms with Gasteiger partial charge in [-0.2, -0.15) is 5.10 Å². The summed E-state index contributed by atoms with van der Waals surface area (Å²) in [5.41, 5.74) is 3.63. The van der Waals surface area contributed by atoms with Crippen molar-refractivity contribution in [1.82, 2.24) is 10.2 Å². The number of phenolic OH excluding ortho intramolecular Hbond substituents is 1. The number of carbonyl (C=O) groups excluding carboxylic acids is 1. The molecule has 2 aromatic carbocycles. The number of carbonyl (C=O) groups is 1. The summed E-state index contributed by atoms with van der Waals surface area (Å²) in [4.78, 5) is 14.8. The van der Waals surface area contributed by atoms with Crippen LogP contribution in [0.1, 0.15) is 47.2 Å². The minimum Gasteiger partial charge on any atom is -0.508 e. The van der Waals surface area contributed by atoms with Crippen molar-refractivity contribution in [2.24, 2.45) is 5.92 Å². The summed E-state index contributed by atoms with van der Waals surface area (Å²) in [5.74, 6) is -0.00453. The van der Waals surface area contributed by atoms with Gasteiger partial charge in [-0.15, -0.1) is 0 Å². The van der Waals surface area contributed by atoms with Crippen LogP contribution in [0.5, 0.6) is 5.75 Å². The van der Waals surface area contributed by atoms with E-state index in [2.05, 4.69) is 24.0 Å². The molecule has 1 atom stereocenters. The van der Waals surface area contributed by atoms with Crippen LogP contribution >= 0.6 is 0 Å². The molecule has 0 saturated carbocycles. The molecule has 3 aromatic rings. The van der Waals surface area contributed by atoms with Crippen LogP contribution in [0.4, 0.5) is 10.1 Å². The van der Waals surface area contributed by atoms with Gasteiger partial charge in [0.15, 0.2) is 0 Å². The number of nitrogens with zero attached hydrogens (tertiary/aromatic N) is 2. The van der Waals surface area contributed by atoms with Crippen LogP contribution in [-0.4, -0.2) is 21.2 Å². The Morgan fingerprint density at radius 2 is 1.81 bits per heavy atom. The van der Waals surface area contributed by atoms with E-state index in [0.29, 0.717) is 17.3 Å². The van der Waals surface area contributed by atoms with Crippen LogP contribution < -0.4 is 4.90 Å². The van der Waals surface area contributed by atoms with Crippen LogP contribution in [0, 0.1) is 11.7 Å². The van der Waals surface area contributed by atoms with Crippen LogP contribution in [0.2, 0.25) is 0 Å². The van der Waals surface area contributed by atoms with Gasteiger partial charge in [0.2, 0.25) is 0 Å². The van der Waals surface area contributed by atoms with Crippen molar-refractivity contribution in [1.29, 1.82) is 0 Å². The standard InChI is InChI=1S/C21H20FN3O2/c1-12(2)11-17-18-19(24-23-17)21(27)25(15-7-9-16(26)10-8-15)20(18)13-3-5-14(22)6-4-13/h3-10,12,20,26H,11H2,1-2H3,(H,23,24). The SMILES string of the molecule is CC(C)Cc1n[nH]c2c1C(c1ccc(F)cc1)N(c1ccc(O)cc1)C2=O. The molecule has 1 aromatic heterocycles. The molecular formula is C21H20FN3O2. The number of fused-ring (bicyclic) bond motifs is 1. The molecule has 138 valence electrons. The van der Waals surface area contributed by atoms with Crippen molar-refractivity contribution in [2.75, 3.05) is 4.90 Å². The van der Waals surface area contributed by atoms with E-state index in [1.807, 2.05) is 0 Å². The van der Waals surface area contributed by atoms with E-state index in [1.165, 1.54) is 12.1 Å². The molecule has 0 saturated heterocycles. The molecule has 0 aliphatic carbocycles. The number of hydrogen-bond donors (Lipinski definition) is 2. The highest BCUT2D eigenvalue weighted by molar-refractivity contribution is 6.10. The molecule has 1 unspecified atom stereocenters. The predicted octanol–water partition coefficient (Wildman–Crippen LogP) is 4.20. The van der Waals surface area contributed by atoms with Gasteiger partial charge < -0.3 is 5.11 Å². The molecule has 1 aliphatic heterocycles. The lowest BCUT2D eigenvalue weighted by atomic mass is 9.95. The van der Waals surface area contributed by atoms with Gasteiger partial charge in [0, 0.05) is 11.3 Å². The number of amides is 1. The molecule has 0 radical (unpaired) electrons. The zero-order valence-electron chi connectivity index (χ0n) is 15.1. The lowest BCUT2D eigenvalue weighted by Gasteiger charge is -2.26. The maximum Gasteiger partial charge on any atom is 0.277 e. The van der Waals surface area contributed by atoms with Crippen molar-refractivity contribution in [3.8, 4) is 5.75 Å². The zero-order valence-corrected chi connectivity index (χ0v) is 15.1. The zero-order chi connectivity index (χ0) is 19.1. The summed E-state index contributed by atoms with van der Waals surface area (Å²) >= 11 is 0. The van der Waals surface area contributed by atoms with Crippen LogP contribution in [-0.2, 0) is 6.42 Å². The van der Waals surface area contributed by atoms with Gasteiger partial charge in [-0.25, -0.2) is 4.39 Å². The minimum atomic E-state index is -0.398. The Hall–Kier alpha value is -3.15. The fourth-order valence-corrected chi connectivity index (χ4v) is 3.60. The quantitative estimate of drug-likeness (QED) is 0.728. The number of aromatic nitrogens is 2. The van der Waals surface area contributed by atoms with Gasteiger partial charge in [-0.1, -0.05) is 26.0 Å². The number of H-pyrrole nitrogens is 1. The lowest BCUT2D eigenvalue weighted by Crippen LogP contribution is -2.29. The van der Waals surface area contributed by atoms with Crippen molar-refractivity contribution in [3.63, 3.8) is 0 Å². The summed E-state index contributed by atoms with van der Waals surface area (Å²) in [5, 5.41) is 16.9. The molecule has 0 spiro atoms. The van der Waals surface area contributed by atoms with E-state index in [-0.39, 0.29) is 17.5 Å². The van der Waals surface area contributed by atoms with Crippen LogP contribution in [0.3, 0.4) is 0 Å². The Bertz CT molecular complexity index is 978. The molecular weight excluding hydrogens is 345 g/mol. The Morgan fingerprint density at radius 1 is 1.15 bits per heavy atom. The number of halogens is 1. The monoisotopic (exact) mass is 365 g/mol. The molecule has 2 heterocycles. The summed E-state index contributed by atoms with van der Waals surface area (Å²) in [6.07, 6.45) is 0.736. The third-order valence-corrected chi connectivity index (χ3v) is 4.76. The Balaban J connectivity index is 1.88. The third-order valence-electron chi connectivity index (χ3n) is 4.76. The number of anilines is 1. The first-order chi connectivity index (χ1) is 13.0. The number of benzene rings is 2. The van der Waals surface area contributed by atoms with Gasteiger partial charge in [-0.3, -0.25) is 14.8 Å². The van der Waals surface area contributed by atoms with Gasteiger partial charge in [0.1, 0.15) is 17.3 Å². The maximum absolute atomic E-state index is 13.5. The maximum atomic E-state index is 13.5. The Labute approximate surface area is 156 Å². The van der Waals surface area contributed by atoms with Crippen LogP contribution in [0.15, 0.2) is 48.5 Å². The summed E-state index contributed by atoms with van der Waals surface area (Å²) in [7, 11) is 0. The fraction of sp³-hybridized carbons (Fsp3) is 0.238. The summed E-state index contributed by atoms with van der Waals surface area (Å²) in [6.45, 7) is 4.20. The molecule has 5 nitrogen and oxygen atoms in total. The van der Waals surface area contributed by atoms with E-state index in [9.17, 15) is 14.3 Å². The molecule has 2 N–H and O–H groups in total. The number of nitrogens with one attached hydrogen (secondary N) is 1. The number of aromatic hydroxyl groups is 1. The van der Waals surface area contributed by atoms with E-state index in [4.69, 9.17) is 0 Å². The first-order valence-corrected chi connectivity index (χ1v) is 8.91. The van der Waals surface area contributed by atoms with Crippen molar-refractivity contribution < 1.29 is 14.3 Å². The highest BCUT2D eigenvalue weighted by atomic mass is 19.1. The highest BCUT2D eigenvalue weighted by Gasteiger charge is 2.42. The molecule has 1 amide bonds. The van der Waals surface area contributed by atoms with E-state index >= 15 is 0 Å². The van der Waals surface area contributed by atoms with Gasteiger partial charge in [0.05, 0.1) is 11.7 Å². The number of hydrogen-bond acceptors (Lipinski definition) is 3. The molecule has 1 aliphatic rings. The van der Waals surface area contributed by atoms with E-state index in [1.54, 1.807) is 41.3 Å². The first-order valence-electron chi connectivity index (χ1n) is 8.91. The first kappa shape index (κ1) is 17.3.